The largest absolute Gasteiger partial charge is 0.497 e. The van der Waals surface area contributed by atoms with Crippen LogP contribution in [0.4, 0.5) is 10.1 Å². The molecule has 0 saturated carbocycles. The van der Waals surface area contributed by atoms with Crippen molar-refractivity contribution in [3.8, 4) is 5.75 Å². The van der Waals surface area contributed by atoms with Gasteiger partial charge in [0, 0.05) is 11.4 Å². The summed E-state index contributed by atoms with van der Waals surface area (Å²) in [7, 11) is 1.56. The van der Waals surface area contributed by atoms with Gasteiger partial charge in [0.1, 0.15) is 11.6 Å². The molecule has 0 unspecified atom stereocenters. The topological polar surface area (TPSA) is 55.8 Å². The SMILES string of the molecule is CCOC(=O)C1=C(C)N(c2ccc(OC)cc2)C(=O)/C1=C\c1cccc(F)c1. The van der Waals surface area contributed by atoms with Crippen LogP contribution in [0.15, 0.2) is 65.4 Å². The normalized spacial score (nSPS) is 15.4. The quantitative estimate of drug-likeness (QED) is 0.578. The average Bonchev–Trinajstić information content (AvgIpc) is 2.92. The average molecular weight is 381 g/mol. The molecule has 1 aliphatic rings. The summed E-state index contributed by atoms with van der Waals surface area (Å²) in [5.74, 6) is -0.745. The third-order valence-corrected chi connectivity index (χ3v) is 4.37. The van der Waals surface area contributed by atoms with Gasteiger partial charge in [0.05, 0.1) is 24.9 Å². The highest BCUT2D eigenvalue weighted by atomic mass is 19.1. The molecule has 0 atom stereocenters. The molecule has 2 aromatic rings. The highest BCUT2D eigenvalue weighted by Crippen LogP contribution is 2.36. The third kappa shape index (κ3) is 3.67. The van der Waals surface area contributed by atoms with E-state index in [4.69, 9.17) is 9.47 Å². The first-order valence-corrected chi connectivity index (χ1v) is 8.80. The number of carbonyl (C=O) groups is 2. The summed E-state index contributed by atoms with van der Waals surface area (Å²) in [5.41, 5.74) is 1.86. The van der Waals surface area contributed by atoms with Crippen molar-refractivity contribution in [2.24, 2.45) is 0 Å². The summed E-state index contributed by atoms with van der Waals surface area (Å²) in [4.78, 5) is 27.2. The fourth-order valence-electron chi connectivity index (χ4n) is 3.09. The second-order valence-corrected chi connectivity index (χ2v) is 6.13. The lowest BCUT2D eigenvalue weighted by Crippen LogP contribution is -2.24. The van der Waals surface area contributed by atoms with E-state index in [1.54, 1.807) is 57.4 Å². The van der Waals surface area contributed by atoms with Crippen molar-refractivity contribution in [3.63, 3.8) is 0 Å². The van der Waals surface area contributed by atoms with Crippen molar-refractivity contribution < 1.29 is 23.5 Å². The number of hydrogen-bond donors (Lipinski definition) is 0. The maximum absolute atomic E-state index is 13.6. The minimum Gasteiger partial charge on any atom is -0.497 e. The Balaban J connectivity index is 2.10. The number of amides is 1. The van der Waals surface area contributed by atoms with Crippen LogP contribution in [0.1, 0.15) is 19.4 Å². The molecule has 5 nitrogen and oxygen atoms in total. The van der Waals surface area contributed by atoms with Crippen molar-refractivity contribution in [3.05, 3.63) is 76.8 Å². The van der Waals surface area contributed by atoms with Crippen molar-refractivity contribution >= 4 is 23.6 Å². The van der Waals surface area contributed by atoms with Crippen molar-refractivity contribution in [1.82, 2.24) is 0 Å². The van der Waals surface area contributed by atoms with Crippen molar-refractivity contribution in [2.45, 2.75) is 13.8 Å². The maximum Gasteiger partial charge on any atom is 0.340 e. The second-order valence-electron chi connectivity index (χ2n) is 6.13. The van der Waals surface area contributed by atoms with E-state index < -0.39 is 11.8 Å². The molecule has 0 spiro atoms. The molecule has 1 aliphatic heterocycles. The van der Waals surface area contributed by atoms with Crippen molar-refractivity contribution in [2.75, 3.05) is 18.6 Å². The van der Waals surface area contributed by atoms with Crippen LogP contribution < -0.4 is 9.64 Å². The van der Waals surface area contributed by atoms with Gasteiger partial charge in [-0.1, -0.05) is 12.1 Å². The Morgan fingerprint density at radius 1 is 1.18 bits per heavy atom. The van der Waals surface area contributed by atoms with Crippen LogP contribution in [-0.4, -0.2) is 25.6 Å². The molecule has 2 aromatic carbocycles. The number of hydrogen-bond acceptors (Lipinski definition) is 4. The van der Waals surface area contributed by atoms with Crippen molar-refractivity contribution in [1.29, 1.82) is 0 Å². The van der Waals surface area contributed by atoms with E-state index in [1.165, 1.54) is 23.1 Å². The summed E-state index contributed by atoms with van der Waals surface area (Å²) in [6, 6.07) is 12.7. The first-order valence-electron chi connectivity index (χ1n) is 8.80. The number of methoxy groups -OCH3 is 1. The molecule has 0 N–H and O–H groups in total. The Kier molecular flexibility index (Phi) is 5.59. The van der Waals surface area contributed by atoms with E-state index >= 15 is 0 Å². The van der Waals surface area contributed by atoms with Gasteiger partial charge in [0.15, 0.2) is 0 Å². The number of halogens is 1. The highest BCUT2D eigenvalue weighted by Gasteiger charge is 2.38. The standard InChI is InChI=1S/C22H20FNO4/c1-4-28-22(26)20-14(2)24(17-8-10-18(27-3)11-9-17)21(25)19(20)13-15-6-5-7-16(23)12-15/h5-13H,4H2,1-3H3/b19-13-. The van der Waals surface area contributed by atoms with Gasteiger partial charge in [-0.2, -0.15) is 0 Å². The van der Waals surface area contributed by atoms with E-state index in [0.29, 0.717) is 22.7 Å². The Bertz CT molecular complexity index is 976. The predicted octanol–water partition coefficient (Wildman–Crippen LogP) is 4.10. The summed E-state index contributed by atoms with van der Waals surface area (Å²) in [6.07, 6.45) is 1.50. The first kappa shape index (κ1) is 19.4. The van der Waals surface area contributed by atoms with Crippen LogP contribution in [0.5, 0.6) is 5.75 Å². The van der Waals surface area contributed by atoms with E-state index in [1.807, 2.05) is 0 Å². The number of anilines is 1. The van der Waals surface area contributed by atoms with Crippen LogP contribution in [-0.2, 0) is 14.3 Å². The second kappa shape index (κ2) is 8.08. The summed E-state index contributed by atoms with van der Waals surface area (Å²) < 4.78 is 23.9. The zero-order chi connectivity index (χ0) is 20.3. The lowest BCUT2D eigenvalue weighted by Gasteiger charge is -2.18. The molecule has 3 rings (SSSR count). The molecule has 0 saturated heterocycles. The van der Waals surface area contributed by atoms with E-state index in [9.17, 15) is 14.0 Å². The van der Waals surface area contributed by atoms with Gasteiger partial charge in [0.25, 0.3) is 5.91 Å². The Hall–Kier alpha value is -3.41. The predicted molar refractivity (Wildman–Crippen MR) is 104 cm³/mol. The molecule has 0 radical (unpaired) electrons. The number of allylic oxidation sites excluding steroid dienone is 1. The number of carbonyl (C=O) groups excluding carboxylic acids is 2. The molecule has 0 fully saturated rings. The molecule has 0 bridgehead atoms. The van der Waals surface area contributed by atoms with Crippen LogP contribution in [0.25, 0.3) is 6.08 Å². The molecule has 0 aliphatic carbocycles. The minimum atomic E-state index is -0.591. The van der Waals surface area contributed by atoms with E-state index in [2.05, 4.69) is 0 Å². The summed E-state index contributed by atoms with van der Waals surface area (Å²) >= 11 is 0. The van der Waals surface area contributed by atoms with E-state index in [-0.39, 0.29) is 23.7 Å². The van der Waals surface area contributed by atoms with E-state index in [0.717, 1.165) is 0 Å². The van der Waals surface area contributed by atoms with Crippen LogP contribution in [0.2, 0.25) is 0 Å². The molecular weight excluding hydrogens is 361 g/mol. The Morgan fingerprint density at radius 3 is 2.50 bits per heavy atom. The van der Waals surface area contributed by atoms with Crippen LogP contribution >= 0.6 is 0 Å². The smallest absolute Gasteiger partial charge is 0.340 e. The van der Waals surface area contributed by atoms with Gasteiger partial charge < -0.3 is 9.47 Å². The fraction of sp³-hybridized carbons (Fsp3) is 0.182. The molecule has 6 heteroatoms. The number of benzene rings is 2. The van der Waals surface area contributed by atoms with Gasteiger partial charge in [-0.25, -0.2) is 9.18 Å². The summed E-state index contributed by atoms with van der Waals surface area (Å²) in [6.45, 7) is 3.56. The lowest BCUT2D eigenvalue weighted by atomic mass is 10.0. The first-order chi connectivity index (χ1) is 13.5. The molecule has 0 aromatic heterocycles. The van der Waals surface area contributed by atoms with Gasteiger partial charge in [-0.3, -0.25) is 9.69 Å². The molecule has 28 heavy (non-hydrogen) atoms. The Morgan fingerprint density at radius 2 is 1.89 bits per heavy atom. The monoisotopic (exact) mass is 381 g/mol. The highest BCUT2D eigenvalue weighted by molar-refractivity contribution is 6.23. The van der Waals surface area contributed by atoms with Gasteiger partial charge in [-0.15, -0.1) is 0 Å². The van der Waals surface area contributed by atoms with Crippen LogP contribution in [0.3, 0.4) is 0 Å². The molecule has 144 valence electrons. The number of esters is 1. The number of ether oxygens (including phenoxy) is 2. The van der Waals surface area contributed by atoms with Gasteiger partial charge in [-0.05, 0) is 61.9 Å². The molecule has 1 heterocycles. The minimum absolute atomic E-state index is 0.164. The molecular formula is C22H20FNO4. The zero-order valence-corrected chi connectivity index (χ0v) is 15.9. The Labute approximate surface area is 162 Å². The van der Waals surface area contributed by atoms with Crippen LogP contribution in [0, 0.1) is 5.82 Å². The van der Waals surface area contributed by atoms with Gasteiger partial charge >= 0.3 is 5.97 Å². The summed E-state index contributed by atoms with van der Waals surface area (Å²) in [5, 5.41) is 0. The lowest BCUT2D eigenvalue weighted by molar-refractivity contribution is -0.138. The molecule has 1 amide bonds. The maximum atomic E-state index is 13.6. The third-order valence-electron chi connectivity index (χ3n) is 4.37. The number of nitrogens with zero attached hydrogens (tertiary/aromatic N) is 1. The fourth-order valence-corrected chi connectivity index (χ4v) is 3.09. The van der Waals surface area contributed by atoms with Gasteiger partial charge in [0.2, 0.25) is 0 Å². The zero-order valence-electron chi connectivity index (χ0n) is 15.9. The number of rotatable bonds is 5.